The molecule has 0 atom stereocenters. The molecule has 0 saturated carbocycles. The van der Waals surface area contributed by atoms with Crippen LogP contribution < -0.4 is 4.72 Å². The van der Waals surface area contributed by atoms with Crippen molar-refractivity contribution in [3.63, 3.8) is 0 Å². The lowest BCUT2D eigenvalue weighted by Crippen LogP contribution is -2.19. The van der Waals surface area contributed by atoms with E-state index in [1.165, 1.54) is 6.20 Å². The molecule has 8 nitrogen and oxygen atoms in total. The van der Waals surface area contributed by atoms with Crippen molar-refractivity contribution in [2.75, 3.05) is 10.5 Å². The third-order valence-electron chi connectivity index (χ3n) is 2.78. The van der Waals surface area contributed by atoms with Gasteiger partial charge in [0.2, 0.25) is 10.0 Å². The maximum absolute atomic E-state index is 11.7. The van der Waals surface area contributed by atoms with Crippen LogP contribution in [0.25, 0.3) is 11.0 Å². The van der Waals surface area contributed by atoms with Crippen molar-refractivity contribution in [2.45, 2.75) is 26.3 Å². The number of aromatic nitrogens is 3. The van der Waals surface area contributed by atoms with Crippen LogP contribution in [0.4, 0.5) is 5.69 Å². The standard InChI is InChI=1S/C12H16N4O4S/c1-8(2)16-12-9(6-14-16)5-10(7-13-12)15-21(19,20)4-3-11(17)18/h5-8,15H,3-4H2,1-2H3,(H,17,18). The van der Waals surface area contributed by atoms with Crippen LogP contribution in [0, 0.1) is 0 Å². The van der Waals surface area contributed by atoms with E-state index in [4.69, 9.17) is 5.11 Å². The monoisotopic (exact) mass is 312 g/mol. The summed E-state index contributed by atoms with van der Waals surface area (Å²) in [6.45, 7) is 3.94. The van der Waals surface area contributed by atoms with Gasteiger partial charge in [-0.2, -0.15) is 5.10 Å². The molecule has 0 bridgehead atoms. The van der Waals surface area contributed by atoms with Crippen LogP contribution in [-0.4, -0.2) is 40.0 Å². The summed E-state index contributed by atoms with van der Waals surface area (Å²) >= 11 is 0. The van der Waals surface area contributed by atoms with Crippen molar-refractivity contribution in [1.82, 2.24) is 14.8 Å². The summed E-state index contributed by atoms with van der Waals surface area (Å²) in [4.78, 5) is 14.6. The zero-order valence-corrected chi connectivity index (χ0v) is 12.5. The Kier molecular flexibility index (Phi) is 4.12. The van der Waals surface area contributed by atoms with E-state index in [-0.39, 0.29) is 11.7 Å². The summed E-state index contributed by atoms with van der Waals surface area (Å²) in [7, 11) is -3.71. The van der Waals surface area contributed by atoms with Gasteiger partial charge in [0, 0.05) is 11.4 Å². The number of hydrogen-bond donors (Lipinski definition) is 2. The number of hydrogen-bond acceptors (Lipinski definition) is 5. The molecule has 0 saturated heterocycles. The highest BCUT2D eigenvalue weighted by molar-refractivity contribution is 7.92. The van der Waals surface area contributed by atoms with Crippen molar-refractivity contribution in [3.8, 4) is 0 Å². The Hall–Kier alpha value is -2.16. The largest absolute Gasteiger partial charge is 0.481 e. The van der Waals surface area contributed by atoms with E-state index in [0.29, 0.717) is 11.0 Å². The van der Waals surface area contributed by atoms with E-state index in [1.54, 1.807) is 16.9 Å². The molecule has 2 aromatic rings. The van der Waals surface area contributed by atoms with Gasteiger partial charge in [-0.25, -0.2) is 18.1 Å². The number of aliphatic carboxylic acids is 1. The van der Waals surface area contributed by atoms with Gasteiger partial charge in [-0.1, -0.05) is 0 Å². The van der Waals surface area contributed by atoms with E-state index < -0.39 is 28.2 Å². The normalized spacial score (nSPS) is 12.0. The lowest BCUT2D eigenvalue weighted by Gasteiger charge is -2.08. The average Bonchev–Trinajstić information content (AvgIpc) is 2.79. The highest BCUT2D eigenvalue weighted by Crippen LogP contribution is 2.19. The number of carbonyl (C=O) groups is 1. The SMILES string of the molecule is CC(C)n1ncc2cc(NS(=O)(=O)CCC(=O)O)cnc21. The third kappa shape index (κ3) is 3.69. The van der Waals surface area contributed by atoms with E-state index in [0.717, 1.165) is 0 Å². The number of nitrogens with one attached hydrogen (secondary N) is 1. The number of sulfonamides is 1. The van der Waals surface area contributed by atoms with Crippen LogP contribution in [0.2, 0.25) is 0 Å². The van der Waals surface area contributed by atoms with Crippen molar-refractivity contribution >= 4 is 32.7 Å². The Labute approximate surface area is 121 Å². The zero-order chi connectivity index (χ0) is 15.6. The molecular weight excluding hydrogens is 296 g/mol. The number of nitrogens with zero attached hydrogens (tertiary/aromatic N) is 3. The maximum atomic E-state index is 11.7. The van der Waals surface area contributed by atoms with Gasteiger partial charge in [0.15, 0.2) is 5.65 Å². The van der Waals surface area contributed by atoms with Crippen LogP contribution in [0.5, 0.6) is 0 Å². The Balaban J connectivity index is 2.22. The van der Waals surface area contributed by atoms with E-state index in [2.05, 4.69) is 14.8 Å². The van der Waals surface area contributed by atoms with Gasteiger partial charge >= 0.3 is 5.97 Å². The molecule has 21 heavy (non-hydrogen) atoms. The molecular formula is C12H16N4O4S. The summed E-state index contributed by atoms with van der Waals surface area (Å²) in [6.07, 6.45) is 2.55. The predicted molar refractivity (Wildman–Crippen MR) is 77.6 cm³/mol. The minimum atomic E-state index is -3.71. The van der Waals surface area contributed by atoms with E-state index in [1.807, 2.05) is 13.8 Å². The number of pyridine rings is 1. The number of carboxylic acid groups (broad SMARTS) is 1. The van der Waals surface area contributed by atoms with Crippen molar-refractivity contribution in [2.24, 2.45) is 0 Å². The van der Waals surface area contributed by atoms with Crippen LogP contribution >= 0.6 is 0 Å². The first-order chi connectivity index (χ1) is 9.78. The molecule has 9 heteroatoms. The van der Waals surface area contributed by atoms with Gasteiger partial charge < -0.3 is 5.11 Å². The fraction of sp³-hybridized carbons (Fsp3) is 0.417. The van der Waals surface area contributed by atoms with Crippen LogP contribution in [0.1, 0.15) is 26.3 Å². The van der Waals surface area contributed by atoms with Gasteiger partial charge in [-0.3, -0.25) is 9.52 Å². The van der Waals surface area contributed by atoms with Crippen LogP contribution in [-0.2, 0) is 14.8 Å². The molecule has 2 aromatic heterocycles. The second-order valence-corrected chi connectivity index (χ2v) is 6.73. The minimum absolute atomic E-state index is 0.146. The molecule has 0 radical (unpaired) electrons. The predicted octanol–water partition coefficient (Wildman–Crippen LogP) is 1.23. The van der Waals surface area contributed by atoms with Crippen molar-refractivity contribution in [3.05, 3.63) is 18.5 Å². The topological polar surface area (TPSA) is 114 Å². The smallest absolute Gasteiger partial charge is 0.304 e. The molecule has 0 fully saturated rings. The lowest BCUT2D eigenvalue weighted by molar-refractivity contribution is -0.136. The number of anilines is 1. The first-order valence-corrected chi connectivity index (χ1v) is 7.99. The molecule has 0 aliphatic carbocycles. The van der Waals surface area contributed by atoms with Gasteiger partial charge in [-0.05, 0) is 19.9 Å². The third-order valence-corrected chi connectivity index (χ3v) is 4.07. The summed E-state index contributed by atoms with van der Waals surface area (Å²) < 4.78 is 27.5. The fourth-order valence-corrected chi connectivity index (χ4v) is 2.84. The quantitative estimate of drug-likeness (QED) is 0.829. The Morgan fingerprint density at radius 3 is 2.76 bits per heavy atom. The molecule has 2 N–H and O–H groups in total. The summed E-state index contributed by atoms with van der Waals surface area (Å²) in [6, 6.07) is 1.76. The fourth-order valence-electron chi connectivity index (χ4n) is 1.83. The Morgan fingerprint density at radius 2 is 2.14 bits per heavy atom. The van der Waals surface area contributed by atoms with E-state index in [9.17, 15) is 13.2 Å². The van der Waals surface area contributed by atoms with Crippen LogP contribution in [0.15, 0.2) is 18.5 Å². The Bertz CT molecular complexity index is 767. The second-order valence-electron chi connectivity index (χ2n) is 4.88. The summed E-state index contributed by atoms with van der Waals surface area (Å²) in [5.74, 6) is -1.64. The van der Waals surface area contributed by atoms with Gasteiger partial charge in [0.25, 0.3) is 0 Å². The molecule has 0 aliphatic heterocycles. The average molecular weight is 312 g/mol. The molecule has 2 heterocycles. The maximum Gasteiger partial charge on any atom is 0.304 e. The first kappa shape index (κ1) is 15.2. The van der Waals surface area contributed by atoms with Gasteiger partial charge in [0.05, 0.1) is 30.3 Å². The lowest BCUT2D eigenvalue weighted by atomic mass is 10.3. The number of carboxylic acids is 1. The molecule has 0 spiro atoms. The molecule has 0 aromatic carbocycles. The highest BCUT2D eigenvalue weighted by Gasteiger charge is 2.14. The van der Waals surface area contributed by atoms with Crippen molar-refractivity contribution < 1.29 is 18.3 Å². The Morgan fingerprint density at radius 1 is 1.43 bits per heavy atom. The molecule has 114 valence electrons. The van der Waals surface area contributed by atoms with Gasteiger partial charge in [-0.15, -0.1) is 0 Å². The first-order valence-electron chi connectivity index (χ1n) is 6.34. The second kappa shape index (κ2) is 5.68. The van der Waals surface area contributed by atoms with Gasteiger partial charge in [0.1, 0.15) is 0 Å². The van der Waals surface area contributed by atoms with Crippen molar-refractivity contribution in [1.29, 1.82) is 0 Å². The van der Waals surface area contributed by atoms with Crippen LogP contribution in [0.3, 0.4) is 0 Å². The molecule has 2 rings (SSSR count). The zero-order valence-electron chi connectivity index (χ0n) is 11.6. The molecule has 0 amide bonds. The number of rotatable bonds is 6. The molecule has 0 unspecified atom stereocenters. The minimum Gasteiger partial charge on any atom is -0.481 e. The highest BCUT2D eigenvalue weighted by atomic mass is 32.2. The molecule has 0 aliphatic rings. The summed E-state index contributed by atoms with van der Waals surface area (Å²) in [5, 5.41) is 13.4. The summed E-state index contributed by atoms with van der Waals surface area (Å²) in [5.41, 5.74) is 0.953. The number of fused-ring (bicyclic) bond motifs is 1. The van der Waals surface area contributed by atoms with E-state index >= 15 is 0 Å².